The molecule has 5 nitrogen and oxygen atoms in total. The first-order chi connectivity index (χ1) is 9.60. The fourth-order valence-corrected chi connectivity index (χ4v) is 2.31. The summed E-state index contributed by atoms with van der Waals surface area (Å²) in [6.07, 6.45) is 2.40. The normalized spacial score (nSPS) is 10.8. The number of carbonyl (C=O) groups excluding carboxylic acids is 1. The van der Waals surface area contributed by atoms with Gasteiger partial charge < -0.3 is 9.84 Å². The minimum Gasteiger partial charge on any atom is -0.462 e. The lowest BCUT2D eigenvalue weighted by atomic mass is 9.96. The zero-order valence-corrected chi connectivity index (χ0v) is 11.9. The maximum absolute atomic E-state index is 12.1. The van der Waals surface area contributed by atoms with E-state index in [0.717, 1.165) is 28.3 Å². The summed E-state index contributed by atoms with van der Waals surface area (Å²) in [6, 6.07) is 1.85. The summed E-state index contributed by atoms with van der Waals surface area (Å²) in [4.78, 5) is 12.1. The second kappa shape index (κ2) is 5.96. The summed E-state index contributed by atoms with van der Waals surface area (Å²) < 4.78 is 5.22. The van der Waals surface area contributed by atoms with E-state index in [1.54, 1.807) is 6.20 Å². The molecule has 2 aromatic rings. The molecular weight excluding hydrogens is 256 g/mol. The van der Waals surface area contributed by atoms with Gasteiger partial charge in [0.2, 0.25) is 0 Å². The highest BCUT2D eigenvalue weighted by molar-refractivity contribution is 6.00. The van der Waals surface area contributed by atoms with Crippen LogP contribution < -0.4 is 0 Å². The van der Waals surface area contributed by atoms with Gasteiger partial charge >= 0.3 is 5.97 Å². The topological polar surface area (TPSA) is 72.3 Å². The van der Waals surface area contributed by atoms with Crippen LogP contribution in [0.1, 0.15) is 40.5 Å². The number of aliphatic hydroxyl groups is 1. The highest BCUT2D eigenvalue weighted by Crippen LogP contribution is 2.26. The largest absolute Gasteiger partial charge is 0.462 e. The average molecular weight is 274 g/mol. The van der Waals surface area contributed by atoms with Crippen LogP contribution in [0, 0.1) is 13.8 Å². The van der Waals surface area contributed by atoms with Crippen molar-refractivity contribution in [2.45, 2.75) is 33.8 Å². The third-order valence-corrected chi connectivity index (χ3v) is 3.29. The predicted octanol–water partition coefficient (Wildman–Crippen LogP) is 2.31. The first-order valence-corrected chi connectivity index (χ1v) is 6.62. The molecule has 0 saturated heterocycles. The lowest BCUT2D eigenvalue weighted by Crippen LogP contribution is -2.11. The molecular formula is C15H18N2O3. The lowest BCUT2D eigenvalue weighted by molar-refractivity contribution is 0.0503. The van der Waals surface area contributed by atoms with Gasteiger partial charge in [-0.3, -0.25) is 0 Å². The lowest BCUT2D eigenvalue weighted by Gasteiger charge is -2.13. The monoisotopic (exact) mass is 274 g/mol. The standard InChI is InChI=1S/C15H18N2O3/c1-4-5-20-15(19)14-9(2)6-11-12(10(14)3)7-16-17-13(11)8-18/h6-7,18H,4-5,8H2,1-3H3. The molecule has 0 unspecified atom stereocenters. The van der Waals surface area contributed by atoms with Crippen molar-refractivity contribution in [3.8, 4) is 0 Å². The van der Waals surface area contributed by atoms with Crippen molar-refractivity contribution in [2.24, 2.45) is 0 Å². The van der Waals surface area contributed by atoms with E-state index in [1.165, 1.54) is 0 Å². The van der Waals surface area contributed by atoms with E-state index < -0.39 is 0 Å². The third kappa shape index (κ3) is 2.49. The number of benzene rings is 1. The Bertz CT molecular complexity index is 653. The maximum atomic E-state index is 12.1. The second-order valence-corrected chi connectivity index (χ2v) is 4.74. The number of rotatable bonds is 4. The molecule has 2 rings (SSSR count). The summed E-state index contributed by atoms with van der Waals surface area (Å²) in [5.74, 6) is -0.314. The van der Waals surface area contributed by atoms with Gasteiger partial charge in [-0.15, -0.1) is 0 Å². The molecule has 0 amide bonds. The number of fused-ring (bicyclic) bond motifs is 1. The van der Waals surface area contributed by atoms with Gasteiger partial charge in [-0.25, -0.2) is 4.79 Å². The van der Waals surface area contributed by atoms with Crippen LogP contribution in [0.3, 0.4) is 0 Å². The molecule has 106 valence electrons. The summed E-state index contributed by atoms with van der Waals surface area (Å²) in [7, 11) is 0. The van der Waals surface area contributed by atoms with Crippen molar-refractivity contribution in [2.75, 3.05) is 6.61 Å². The Labute approximate surface area is 117 Å². The molecule has 1 N–H and O–H groups in total. The average Bonchev–Trinajstić information content (AvgIpc) is 2.44. The zero-order valence-electron chi connectivity index (χ0n) is 11.9. The molecule has 0 spiro atoms. The molecule has 0 aliphatic heterocycles. The molecule has 0 aliphatic carbocycles. The van der Waals surface area contributed by atoms with Crippen LogP contribution in [0.15, 0.2) is 12.3 Å². The van der Waals surface area contributed by atoms with Crippen LogP contribution in [0.5, 0.6) is 0 Å². The van der Waals surface area contributed by atoms with Crippen molar-refractivity contribution in [1.82, 2.24) is 10.2 Å². The van der Waals surface area contributed by atoms with Crippen LogP contribution in [0.2, 0.25) is 0 Å². The number of ether oxygens (including phenoxy) is 1. The molecule has 0 bridgehead atoms. The molecule has 1 heterocycles. The van der Waals surface area contributed by atoms with Gasteiger partial charge in [0, 0.05) is 10.8 Å². The Balaban J connectivity index is 2.61. The van der Waals surface area contributed by atoms with Crippen molar-refractivity contribution < 1.29 is 14.6 Å². The second-order valence-electron chi connectivity index (χ2n) is 4.74. The van der Waals surface area contributed by atoms with Crippen molar-refractivity contribution >= 4 is 16.7 Å². The fourth-order valence-electron chi connectivity index (χ4n) is 2.31. The van der Waals surface area contributed by atoms with Gasteiger partial charge in [0.25, 0.3) is 0 Å². The summed E-state index contributed by atoms with van der Waals surface area (Å²) in [5, 5.41) is 18.7. The van der Waals surface area contributed by atoms with Gasteiger partial charge in [0.1, 0.15) is 0 Å². The SMILES string of the molecule is CCCOC(=O)c1c(C)cc2c(CO)nncc2c1C. The van der Waals surface area contributed by atoms with E-state index in [4.69, 9.17) is 4.74 Å². The molecule has 1 aromatic heterocycles. The van der Waals surface area contributed by atoms with E-state index >= 15 is 0 Å². The van der Waals surface area contributed by atoms with E-state index in [2.05, 4.69) is 10.2 Å². The number of hydrogen-bond acceptors (Lipinski definition) is 5. The first kappa shape index (κ1) is 14.4. The fraction of sp³-hybridized carbons (Fsp3) is 0.400. The summed E-state index contributed by atoms with van der Waals surface area (Å²) >= 11 is 0. The Morgan fingerprint density at radius 3 is 2.75 bits per heavy atom. The maximum Gasteiger partial charge on any atom is 0.338 e. The van der Waals surface area contributed by atoms with Crippen LogP contribution in [0.25, 0.3) is 10.8 Å². The van der Waals surface area contributed by atoms with Crippen LogP contribution in [-0.2, 0) is 11.3 Å². The summed E-state index contributed by atoms with van der Waals surface area (Å²) in [6.45, 7) is 5.91. The van der Waals surface area contributed by atoms with Crippen LogP contribution in [0.4, 0.5) is 0 Å². The predicted molar refractivity (Wildman–Crippen MR) is 75.5 cm³/mol. The molecule has 0 radical (unpaired) electrons. The number of hydrogen-bond donors (Lipinski definition) is 1. The molecule has 1 aromatic carbocycles. The van der Waals surface area contributed by atoms with Crippen molar-refractivity contribution in [3.05, 3.63) is 34.6 Å². The van der Waals surface area contributed by atoms with Gasteiger partial charge in [0.15, 0.2) is 0 Å². The number of aryl methyl sites for hydroxylation is 2. The molecule has 5 heteroatoms. The third-order valence-electron chi connectivity index (χ3n) is 3.29. The van der Waals surface area contributed by atoms with Crippen molar-refractivity contribution in [3.63, 3.8) is 0 Å². The molecule has 0 aliphatic rings. The van der Waals surface area contributed by atoms with Crippen LogP contribution in [-0.4, -0.2) is 27.9 Å². The number of aromatic nitrogens is 2. The highest BCUT2D eigenvalue weighted by atomic mass is 16.5. The van der Waals surface area contributed by atoms with E-state index in [1.807, 2.05) is 26.8 Å². The Morgan fingerprint density at radius 1 is 1.35 bits per heavy atom. The van der Waals surface area contributed by atoms with Gasteiger partial charge in [-0.2, -0.15) is 10.2 Å². The smallest absolute Gasteiger partial charge is 0.338 e. The molecule has 0 fully saturated rings. The van der Waals surface area contributed by atoms with E-state index in [0.29, 0.717) is 17.9 Å². The quantitative estimate of drug-likeness (QED) is 0.866. The summed E-state index contributed by atoms with van der Waals surface area (Å²) in [5.41, 5.74) is 2.72. The minimum absolute atomic E-state index is 0.178. The van der Waals surface area contributed by atoms with E-state index in [9.17, 15) is 9.90 Å². The highest BCUT2D eigenvalue weighted by Gasteiger charge is 2.18. The van der Waals surface area contributed by atoms with Gasteiger partial charge in [-0.05, 0) is 37.5 Å². The molecule has 0 saturated carbocycles. The zero-order chi connectivity index (χ0) is 14.7. The number of aliphatic hydroxyl groups excluding tert-OH is 1. The molecule has 20 heavy (non-hydrogen) atoms. The number of nitrogens with zero attached hydrogens (tertiary/aromatic N) is 2. The molecule has 0 atom stereocenters. The van der Waals surface area contributed by atoms with Crippen LogP contribution >= 0.6 is 0 Å². The van der Waals surface area contributed by atoms with Gasteiger partial charge in [0.05, 0.1) is 30.7 Å². The Kier molecular flexibility index (Phi) is 4.29. The van der Waals surface area contributed by atoms with E-state index in [-0.39, 0.29) is 12.6 Å². The Morgan fingerprint density at radius 2 is 2.10 bits per heavy atom. The van der Waals surface area contributed by atoms with Gasteiger partial charge in [-0.1, -0.05) is 6.92 Å². The van der Waals surface area contributed by atoms with Crippen molar-refractivity contribution in [1.29, 1.82) is 0 Å². The number of esters is 1. The number of carbonyl (C=O) groups is 1. The first-order valence-electron chi connectivity index (χ1n) is 6.62. The minimum atomic E-state index is -0.314. The Hall–Kier alpha value is -2.01.